The molecule has 2 fully saturated rings. The summed E-state index contributed by atoms with van der Waals surface area (Å²) in [4.78, 5) is 40.8. The molecule has 40 heavy (non-hydrogen) atoms. The molecule has 0 aromatic heterocycles. The van der Waals surface area contributed by atoms with Crippen LogP contribution in [0.2, 0.25) is 0 Å². The van der Waals surface area contributed by atoms with E-state index in [4.69, 9.17) is 14.2 Å². The number of ether oxygens (including phenoxy) is 3. The first-order valence-electron chi connectivity index (χ1n) is 13.4. The molecule has 2 aliphatic rings. The summed E-state index contributed by atoms with van der Waals surface area (Å²) >= 11 is 0. The Balaban J connectivity index is 1.34. The van der Waals surface area contributed by atoms with E-state index in [0.29, 0.717) is 35.7 Å². The first-order chi connectivity index (χ1) is 19.4. The Kier molecular flexibility index (Phi) is 8.31. The van der Waals surface area contributed by atoms with Gasteiger partial charge in [0.2, 0.25) is 5.91 Å². The second kappa shape index (κ2) is 12.2. The zero-order valence-corrected chi connectivity index (χ0v) is 22.6. The number of carbonyl (C=O) groups is 3. The first-order valence-corrected chi connectivity index (χ1v) is 13.4. The molecule has 9 heteroatoms. The Morgan fingerprint density at radius 3 is 2.48 bits per heavy atom. The van der Waals surface area contributed by atoms with Crippen LogP contribution in [0.1, 0.15) is 46.0 Å². The molecule has 0 aliphatic carbocycles. The average Bonchev–Trinajstić information content (AvgIpc) is 3.61. The second-order valence-corrected chi connectivity index (χ2v) is 10.0. The molecule has 208 valence electrons. The third kappa shape index (κ3) is 6.10. The molecule has 3 aromatic carbocycles. The summed E-state index contributed by atoms with van der Waals surface area (Å²) < 4.78 is 16.7. The average molecular weight is 544 g/mol. The Hall–Kier alpha value is -4.37. The van der Waals surface area contributed by atoms with Crippen LogP contribution in [0.4, 0.5) is 10.5 Å². The largest absolute Gasteiger partial charge is 0.496 e. The number of benzene rings is 3. The number of para-hydroxylation sites is 1. The van der Waals surface area contributed by atoms with E-state index < -0.39 is 18.2 Å². The molecule has 0 radical (unpaired) electrons. The van der Waals surface area contributed by atoms with E-state index in [1.807, 2.05) is 31.2 Å². The fourth-order valence-corrected chi connectivity index (χ4v) is 5.01. The molecular formula is C31H33N3O6. The van der Waals surface area contributed by atoms with Crippen molar-refractivity contribution in [3.05, 3.63) is 95.1 Å². The number of methoxy groups -OCH3 is 1. The van der Waals surface area contributed by atoms with Crippen LogP contribution in [0.3, 0.4) is 0 Å². The number of hydrogen-bond acceptors (Lipinski definition) is 6. The number of rotatable bonds is 9. The number of nitrogens with zero attached hydrogens (tertiary/aromatic N) is 1. The molecule has 9 nitrogen and oxygen atoms in total. The van der Waals surface area contributed by atoms with Gasteiger partial charge >= 0.3 is 6.09 Å². The minimum atomic E-state index is -0.871. The van der Waals surface area contributed by atoms with Gasteiger partial charge in [0.1, 0.15) is 5.75 Å². The Morgan fingerprint density at radius 2 is 1.77 bits per heavy atom. The molecule has 2 heterocycles. The fourth-order valence-electron chi connectivity index (χ4n) is 5.01. The maximum atomic E-state index is 13.5. The van der Waals surface area contributed by atoms with Gasteiger partial charge in [-0.3, -0.25) is 14.5 Å². The van der Waals surface area contributed by atoms with Crippen molar-refractivity contribution in [1.29, 1.82) is 0 Å². The van der Waals surface area contributed by atoms with Crippen LogP contribution >= 0.6 is 0 Å². The van der Waals surface area contributed by atoms with E-state index in [-0.39, 0.29) is 24.5 Å². The smallest absolute Gasteiger partial charge is 0.411 e. The molecule has 3 amide bonds. The van der Waals surface area contributed by atoms with Gasteiger partial charge < -0.3 is 24.8 Å². The third-order valence-corrected chi connectivity index (χ3v) is 7.20. The minimum absolute atomic E-state index is 0.0305. The van der Waals surface area contributed by atoms with E-state index in [2.05, 4.69) is 10.6 Å². The highest BCUT2D eigenvalue weighted by Crippen LogP contribution is 2.35. The number of amides is 3. The first kappa shape index (κ1) is 27.2. The Morgan fingerprint density at radius 1 is 1.02 bits per heavy atom. The van der Waals surface area contributed by atoms with Crippen molar-refractivity contribution in [2.75, 3.05) is 25.6 Å². The van der Waals surface area contributed by atoms with Crippen molar-refractivity contribution >= 4 is 23.6 Å². The summed E-state index contributed by atoms with van der Waals surface area (Å²) in [5, 5.41) is 5.83. The van der Waals surface area contributed by atoms with Crippen LogP contribution in [0, 0.1) is 6.92 Å². The van der Waals surface area contributed by atoms with Gasteiger partial charge in [-0.2, -0.15) is 0 Å². The van der Waals surface area contributed by atoms with Crippen molar-refractivity contribution in [3.8, 4) is 5.75 Å². The van der Waals surface area contributed by atoms with Crippen molar-refractivity contribution < 1.29 is 28.6 Å². The van der Waals surface area contributed by atoms with Gasteiger partial charge in [-0.1, -0.05) is 54.1 Å². The summed E-state index contributed by atoms with van der Waals surface area (Å²) in [7, 11) is 1.51. The summed E-state index contributed by atoms with van der Waals surface area (Å²) in [6, 6.07) is 20.9. The highest BCUT2D eigenvalue weighted by molar-refractivity contribution is 6.06. The van der Waals surface area contributed by atoms with E-state index in [1.165, 1.54) is 12.0 Å². The third-order valence-electron chi connectivity index (χ3n) is 7.20. The molecule has 3 atom stereocenters. The van der Waals surface area contributed by atoms with Crippen molar-refractivity contribution in [3.63, 3.8) is 0 Å². The van der Waals surface area contributed by atoms with Crippen LogP contribution in [-0.4, -0.2) is 55.2 Å². The van der Waals surface area contributed by atoms with Gasteiger partial charge in [0.15, 0.2) is 12.1 Å². The molecule has 0 saturated carbocycles. The molecule has 3 aromatic rings. The van der Waals surface area contributed by atoms with Gasteiger partial charge in [-0.25, -0.2) is 4.79 Å². The summed E-state index contributed by atoms with van der Waals surface area (Å²) in [6.07, 6.45) is 0.446. The zero-order valence-electron chi connectivity index (χ0n) is 22.6. The van der Waals surface area contributed by atoms with Gasteiger partial charge in [0.25, 0.3) is 5.91 Å². The lowest BCUT2D eigenvalue weighted by molar-refractivity contribution is -0.126. The highest BCUT2D eigenvalue weighted by atomic mass is 16.6. The van der Waals surface area contributed by atoms with Gasteiger partial charge in [0.05, 0.1) is 25.3 Å². The van der Waals surface area contributed by atoms with Crippen LogP contribution in [0.5, 0.6) is 5.75 Å². The monoisotopic (exact) mass is 543 g/mol. The molecule has 2 aliphatic heterocycles. The summed E-state index contributed by atoms with van der Waals surface area (Å²) in [6.45, 7) is 3.30. The quantitative estimate of drug-likeness (QED) is 0.408. The minimum Gasteiger partial charge on any atom is -0.496 e. The van der Waals surface area contributed by atoms with Crippen molar-refractivity contribution in [1.82, 2.24) is 10.2 Å². The lowest BCUT2D eigenvalue weighted by Crippen LogP contribution is -2.47. The molecule has 5 rings (SSSR count). The number of cyclic esters (lactones) is 1. The normalized spacial score (nSPS) is 20.2. The fraction of sp³-hybridized carbons (Fsp3) is 0.323. The summed E-state index contributed by atoms with van der Waals surface area (Å²) in [5.41, 5.74) is 3.62. The predicted molar refractivity (Wildman–Crippen MR) is 149 cm³/mol. The zero-order chi connectivity index (χ0) is 28.1. The molecule has 0 bridgehead atoms. The molecule has 2 N–H and O–H groups in total. The lowest BCUT2D eigenvalue weighted by Gasteiger charge is -2.25. The second-order valence-electron chi connectivity index (χ2n) is 10.0. The SMILES string of the molecule is COc1ccccc1C(=O)Nc1ccc([C@@H]2OC(=O)N(Cc3ccc(C)cc3)[C@@H]2C(=O)NC[C@H]2CCCO2)cc1. The number of nitrogens with one attached hydrogen (secondary N) is 2. The topological polar surface area (TPSA) is 106 Å². The Bertz CT molecular complexity index is 1350. The van der Waals surface area contributed by atoms with E-state index in [9.17, 15) is 14.4 Å². The van der Waals surface area contributed by atoms with Crippen LogP contribution < -0.4 is 15.4 Å². The van der Waals surface area contributed by atoms with E-state index in [1.54, 1.807) is 48.5 Å². The Labute approximate surface area is 233 Å². The molecule has 2 saturated heterocycles. The van der Waals surface area contributed by atoms with Crippen LogP contribution in [-0.2, 0) is 20.8 Å². The number of carbonyl (C=O) groups excluding carboxylic acids is 3. The maximum Gasteiger partial charge on any atom is 0.411 e. The maximum absolute atomic E-state index is 13.5. The highest BCUT2D eigenvalue weighted by Gasteiger charge is 2.47. The predicted octanol–water partition coefficient (Wildman–Crippen LogP) is 4.61. The number of hydrogen-bond donors (Lipinski definition) is 2. The van der Waals surface area contributed by atoms with Crippen molar-refractivity contribution in [2.45, 2.75) is 44.6 Å². The van der Waals surface area contributed by atoms with Gasteiger partial charge in [-0.15, -0.1) is 0 Å². The standard InChI is InChI=1S/C31H33N3O6/c1-20-9-11-21(12-10-20)19-34-27(30(36)32-18-24-6-5-17-39-24)28(40-31(34)37)22-13-15-23(16-14-22)33-29(35)25-7-3-4-8-26(25)38-2/h3-4,7-16,24,27-28H,5-6,17-19H2,1-2H3,(H,32,36)(H,33,35)/t24-,27+,28+/m1/s1. The summed E-state index contributed by atoms with van der Waals surface area (Å²) in [5.74, 6) is -0.139. The van der Waals surface area contributed by atoms with E-state index >= 15 is 0 Å². The number of aryl methyl sites for hydroxylation is 1. The molecule has 0 spiro atoms. The molecule has 0 unspecified atom stereocenters. The molecular weight excluding hydrogens is 510 g/mol. The van der Waals surface area contributed by atoms with Gasteiger partial charge in [-0.05, 0) is 55.2 Å². The van der Waals surface area contributed by atoms with Crippen molar-refractivity contribution in [2.24, 2.45) is 0 Å². The van der Waals surface area contributed by atoms with Crippen LogP contribution in [0.25, 0.3) is 0 Å². The lowest BCUT2D eigenvalue weighted by atomic mass is 10.00. The number of anilines is 1. The van der Waals surface area contributed by atoms with E-state index in [0.717, 1.165) is 24.0 Å². The van der Waals surface area contributed by atoms with Gasteiger partial charge in [0, 0.05) is 18.8 Å². The van der Waals surface area contributed by atoms with Crippen LogP contribution in [0.15, 0.2) is 72.8 Å².